The van der Waals surface area contributed by atoms with E-state index < -0.39 is 11.8 Å². The fourth-order valence-electron chi connectivity index (χ4n) is 4.50. The second-order valence-corrected chi connectivity index (χ2v) is 8.26. The van der Waals surface area contributed by atoms with Gasteiger partial charge in [-0.3, -0.25) is 0 Å². The molecule has 0 saturated heterocycles. The zero-order chi connectivity index (χ0) is 20.1. The number of halogens is 3. The van der Waals surface area contributed by atoms with Crippen LogP contribution in [-0.2, 0) is 19.3 Å². The minimum absolute atomic E-state index is 0.366. The van der Waals surface area contributed by atoms with Crippen molar-refractivity contribution in [2.75, 3.05) is 0 Å². The first-order chi connectivity index (χ1) is 13.4. The molecule has 1 saturated carbocycles. The van der Waals surface area contributed by atoms with Crippen molar-refractivity contribution >= 4 is 0 Å². The first kappa shape index (κ1) is 21.0. The third kappa shape index (κ3) is 4.98. The van der Waals surface area contributed by atoms with E-state index in [1.165, 1.54) is 17.2 Å². The molecule has 0 unspecified atom stereocenters. The number of benzene rings is 2. The van der Waals surface area contributed by atoms with Crippen molar-refractivity contribution in [3.63, 3.8) is 0 Å². The minimum atomic E-state index is -2.78. The Bertz CT molecular complexity index is 756. The molecule has 28 heavy (non-hydrogen) atoms. The molecule has 0 atom stereocenters. The average molecular weight is 389 g/mol. The summed E-state index contributed by atoms with van der Waals surface area (Å²) in [7, 11) is 0. The molecule has 0 nitrogen and oxygen atoms in total. The molecule has 2 aromatic rings. The summed E-state index contributed by atoms with van der Waals surface area (Å²) in [6.45, 7) is 4.03. The van der Waals surface area contributed by atoms with Gasteiger partial charge in [0, 0.05) is 12.3 Å². The quantitative estimate of drug-likeness (QED) is 0.461. The Morgan fingerprint density at radius 3 is 2.11 bits per heavy atom. The van der Waals surface area contributed by atoms with Gasteiger partial charge in [0.2, 0.25) is 0 Å². The minimum Gasteiger partial charge on any atom is -0.207 e. The molecule has 0 amide bonds. The molecule has 0 heterocycles. The molecule has 0 aliphatic heterocycles. The van der Waals surface area contributed by atoms with Gasteiger partial charge in [0.15, 0.2) is 0 Å². The number of hydrogen-bond acceptors (Lipinski definition) is 0. The summed E-state index contributed by atoms with van der Waals surface area (Å²) in [4.78, 5) is 0. The fourth-order valence-corrected chi connectivity index (χ4v) is 4.50. The third-order valence-electron chi connectivity index (χ3n) is 6.25. The maximum Gasteiger partial charge on any atom is 0.254 e. The Balaban J connectivity index is 1.59. The van der Waals surface area contributed by atoms with Gasteiger partial charge in [-0.2, -0.15) is 0 Å². The molecule has 3 heteroatoms. The molecule has 0 radical (unpaired) electrons. The van der Waals surface area contributed by atoms with E-state index >= 15 is 0 Å². The van der Waals surface area contributed by atoms with Crippen LogP contribution in [0.5, 0.6) is 0 Å². The van der Waals surface area contributed by atoms with Gasteiger partial charge in [0.1, 0.15) is 5.82 Å². The van der Waals surface area contributed by atoms with Crippen molar-refractivity contribution in [3.05, 3.63) is 70.5 Å². The van der Waals surface area contributed by atoms with Crippen molar-refractivity contribution in [1.82, 2.24) is 0 Å². The number of rotatable bonds is 7. The summed E-state index contributed by atoms with van der Waals surface area (Å²) in [5.41, 5.74) is 3.59. The topological polar surface area (TPSA) is 0 Å². The smallest absolute Gasteiger partial charge is 0.207 e. The van der Waals surface area contributed by atoms with Gasteiger partial charge >= 0.3 is 0 Å². The molecule has 0 spiro atoms. The van der Waals surface area contributed by atoms with Crippen molar-refractivity contribution in [1.29, 1.82) is 0 Å². The van der Waals surface area contributed by atoms with Gasteiger partial charge < -0.3 is 0 Å². The van der Waals surface area contributed by atoms with Crippen LogP contribution in [0.1, 0.15) is 74.1 Å². The molecular weight excluding hydrogens is 357 g/mol. The van der Waals surface area contributed by atoms with Gasteiger partial charge in [0.25, 0.3) is 5.92 Å². The van der Waals surface area contributed by atoms with E-state index in [1.54, 1.807) is 12.1 Å². The molecular formula is C25H31F3. The van der Waals surface area contributed by atoms with Crippen LogP contribution < -0.4 is 0 Å². The van der Waals surface area contributed by atoms with Crippen LogP contribution in [0.4, 0.5) is 13.2 Å². The van der Waals surface area contributed by atoms with Gasteiger partial charge in [-0.15, -0.1) is 0 Å². The van der Waals surface area contributed by atoms with Crippen molar-refractivity contribution < 1.29 is 13.2 Å². The highest BCUT2D eigenvalue weighted by Gasteiger charge is 2.41. The van der Waals surface area contributed by atoms with Crippen LogP contribution in [-0.4, -0.2) is 5.92 Å². The maximum atomic E-state index is 14.9. The number of alkyl halides is 2. The van der Waals surface area contributed by atoms with Crippen LogP contribution in [0.3, 0.4) is 0 Å². The highest BCUT2D eigenvalue weighted by molar-refractivity contribution is 5.27. The van der Waals surface area contributed by atoms with Gasteiger partial charge in [-0.1, -0.05) is 56.7 Å². The molecule has 0 bridgehead atoms. The lowest BCUT2D eigenvalue weighted by atomic mass is 9.75. The zero-order valence-electron chi connectivity index (χ0n) is 17.0. The van der Waals surface area contributed by atoms with E-state index in [-0.39, 0.29) is 12.2 Å². The molecule has 2 aromatic carbocycles. The molecule has 152 valence electrons. The zero-order valence-corrected chi connectivity index (χ0v) is 17.0. The van der Waals surface area contributed by atoms with Crippen molar-refractivity contribution in [2.45, 2.75) is 77.1 Å². The molecule has 1 aliphatic carbocycles. The predicted molar refractivity (Wildman–Crippen MR) is 110 cm³/mol. The second-order valence-electron chi connectivity index (χ2n) is 8.26. The summed E-state index contributed by atoms with van der Waals surface area (Å²) in [5.74, 6) is -3.39. The molecule has 1 fully saturated rings. The SMILES string of the molecule is CCCc1ccc(C2CCC(C(F)(F)Cc3ccc(CC)c(F)c3)CC2)cc1. The van der Waals surface area contributed by atoms with Gasteiger partial charge in [0.05, 0.1) is 0 Å². The predicted octanol–water partition coefficient (Wildman–Crippen LogP) is 7.49. The molecule has 1 aliphatic rings. The van der Waals surface area contributed by atoms with E-state index in [2.05, 4.69) is 31.2 Å². The van der Waals surface area contributed by atoms with Gasteiger partial charge in [-0.25, -0.2) is 13.2 Å². The summed E-state index contributed by atoms with van der Waals surface area (Å²) in [6, 6.07) is 13.3. The van der Waals surface area contributed by atoms with E-state index in [4.69, 9.17) is 0 Å². The third-order valence-corrected chi connectivity index (χ3v) is 6.25. The largest absolute Gasteiger partial charge is 0.254 e. The Hall–Kier alpha value is -1.77. The standard InChI is InChI=1S/C25H31F3/c1-3-5-18-6-10-21(11-7-18)22-12-14-23(15-13-22)25(27,28)17-19-8-9-20(4-2)24(26)16-19/h6-11,16,22-23H,3-5,12-15,17H2,1-2H3. The maximum absolute atomic E-state index is 14.9. The summed E-state index contributed by atoms with van der Waals surface area (Å²) >= 11 is 0. The van der Waals surface area contributed by atoms with Gasteiger partial charge in [-0.05, 0) is 72.8 Å². The normalized spacial score (nSPS) is 20.3. The Labute approximate surface area is 167 Å². The van der Waals surface area contributed by atoms with E-state index in [0.29, 0.717) is 36.3 Å². The first-order valence-electron chi connectivity index (χ1n) is 10.7. The summed E-state index contributed by atoms with van der Waals surface area (Å²) in [5, 5.41) is 0. The van der Waals surface area contributed by atoms with E-state index in [9.17, 15) is 13.2 Å². The Morgan fingerprint density at radius 2 is 1.54 bits per heavy atom. The fraction of sp³-hybridized carbons (Fsp3) is 0.520. The highest BCUT2D eigenvalue weighted by Crippen LogP contribution is 2.43. The number of hydrogen-bond donors (Lipinski definition) is 0. The van der Waals surface area contributed by atoms with E-state index in [0.717, 1.165) is 25.7 Å². The average Bonchev–Trinajstić information content (AvgIpc) is 2.69. The lowest BCUT2D eigenvalue weighted by Gasteiger charge is -2.34. The lowest BCUT2D eigenvalue weighted by molar-refractivity contribution is -0.0715. The van der Waals surface area contributed by atoms with E-state index in [1.807, 2.05) is 6.92 Å². The highest BCUT2D eigenvalue weighted by atomic mass is 19.3. The van der Waals surface area contributed by atoms with Crippen LogP contribution in [0.25, 0.3) is 0 Å². The first-order valence-corrected chi connectivity index (χ1v) is 10.7. The second kappa shape index (κ2) is 9.15. The summed E-state index contributed by atoms with van der Waals surface area (Å²) in [6.07, 6.45) is 5.09. The Kier molecular flexibility index (Phi) is 6.85. The molecule has 0 N–H and O–H groups in total. The van der Waals surface area contributed by atoms with Crippen LogP contribution in [0.15, 0.2) is 42.5 Å². The molecule has 3 rings (SSSR count). The van der Waals surface area contributed by atoms with Crippen molar-refractivity contribution in [2.24, 2.45) is 5.92 Å². The number of aryl methyl sites for hydroxylation is 2. The lowest BCUT2D eigenvalue weighted by Crippen LogP contribution is -2.33. The Morgan fingerprint density at radius 1 is 0.893 bits per heavy atom. The molecule has 0 aromatic heterocycles. The van der Waals surface area contributed by atoms with Crippen LogP contribution >= 0.6 is 0 Å². The van der Waals surface area contributed by atoms with Crippen LogP contribution in [0.2, 0.25) is 0 Å². The van der Waals surface area contributed by atoms with Crippen LogP contribution in [0, 0.1) is 11.7 Å². The van der Waals surface area contributed by atoms with Crippen molar-refractivity contribution in [3.8, 4) is 0 Å². The summed E-state index contributed by atoms with van der Waals surface area (Å²) < 4.78 is 43.6. The monoisotopic (exact) mass is 388 g/mol.